The number of allylic oxidation sites excluding steroid dienone is 1. The summed E-state index contributed by atoms with van der Waals surface area (Å²) in [5.41, 5.74) is 2.01. The van der Waals surface area contributed by atoms with Crippen molar-refractivity contribution in [3.05, 3.63) is 35.0 Å². The minimum atomic E-state index is -0.504. The molecule has 1 N–H and O–H groups in total. The van der Waals surface area contributed by atoms with Crippen LogP contribution in [0.5, 0.6) is 11.5 Å². The van der Waals surface area contributed by atoms with Gasteiger partial charge in [-0.2, -0.15) is 4.98 Å². The summed E-state index contributed by atoms with van der Waals surface area (Å²) < 4.78 is 18.7. The van der Waals surface area contributed by atoms with Crippen molar-refractivity contribution in [3.8, 4) is 11.5 Å². The molecule has 1 aliphatic heterocycles. The minimum absolute atomic E-state index is 0.240. The van der Waals surface area contributed by atoms with Crippen LogP contribution < -0.4 is 14.8 Å². The molecule has 3 rings (SSSR count). The lowest BCUT2D eigenvalue weighted by atomic mass is 9.95. The second kappa shape index (κ2) is 10.1. The number of hydrogen-bond donors (Lipinski definition) is 1. The molecule has 0 spiro atoms. The predicted octanol–water partition coefficient (Wildman–Crippen LogP) is 4.43. The Balaban J connectivity index is 2.11. The van der Waals surface area contributed by atoms with Crippen LogP contribution in [0.1, 0.15) is 52.6 Å². The molecule has 0 saturated carbocycles. The number of nitrogens with zero attached hydrogens (tertiary/aromatic N) is 3. The van der Waals surface area contributed by atoms with E-state index in [4.69, 9.17) is 14.2 Å². The highest BCUT2D eigenvalue weighted by atomic mass is 32.2. The molecule has 1 atom stereocenters. The van der Waals surface area contributed by atoms with E-state index in [1.165, 1.54) is 0 Å². The summed E-state index contributed by atoms with van der Waals surface area (Å²) in [7, 11) is 1.60. The summed E-state index contributed by atoms with van der Waals surface area (Å²) in [6.45, 7) is 10.2. The molecule has 1 aliphatic rings. The number of hydrogen-bond acceptors (Lipinski definition) is 8. The first-order valence-corrected chi connectivity index (χ1v) is 11.5. The average Bonchev–Trinajstić information content (AvgIpc) is 3.12. The Hall–Kier alpha value is -2.68. The van der Waals surface area contributed by atoms with Crippen molar-refractivity contribution in [2.24, 2.45) is 0 Å². The topological polar surface area (TPSA) is 87.5 Å². The van der Waals surface area contributed by atoms with Crippen LogP contribution in [0.2, 0.25) is 0 Å². The highest BCUT2D eigenvalue weighted by Crippen LogP contribution is 2.40. The first kappa shape index (κ1) is 23.0. The van der Waals surface area contributed by atoms with Crippen LogP contribution in [-0.4, -0.2) is 46.3 Å². The number of benzene rings is 1. The van der Waals surface area contributed by atoms with Crippen LogP contribution in [0.25, 0.3) is 0 Å². The molecule has 0 radical (unpaired) electrons. The number of ether oxygens (including phenoxy) is 3. The maximum atomic E-state index is 13.1. The van der Waals surface area contributed by atoms with Crippen LogP contribution in [0.15, 0.2) is 34.6 Å². The molecule has 9 heteroatoms. The van der Waals surface area contributed by atoms with Gasteiger partial charge in [0.15, 0.2) is 11.5 Å². The number of thioether (sulfide) groups is 1. The third-order valence-electron chi connectivity index (χ3n) is 4.63. The largest absolute Gasteiger partial charge is 0.493 e. The van der Waals surface area contributed by atoms with Gasteiger partial charge in [0.2, 0.25) is 11.1 Å². The van der Waals surface area contributed by atoms with Gasteiger partial charge in [-0.3, -0.25) is 0 Å². The molecule has 168 valence electrons. The van der Waals surface area contributed by atoms with Crippen LogP contribution in [0.3, 0.4) is 0 Å². The van der Waals surface area contributed by atoms with Gasteiger partial charge in [0.05, 0.1) is 25.4 Å². The molecule has 0 fully saturated rings. The molecule has 0 aliphatic carbocycles. The van der Waals surface area contributed by atoms with E-state index in [0.29, 0.717) is 40.5 Å². The SMILES string of the molecule is CCCOc1ccc(C2C(C(=O)OC(C)C)=C(C)Nc3nc(SCC)nn32)cc1OC. The first-order valence-electron chi connectivity index (χ1n) is 10.5. The maximum absolute atomic E-state index is 13.1. The summed E-state index contributed by atoms with van der Waals surface area (Å²) in [6.07, 6.45) is 0.656. The van der Waals surface area contributed by atoms with E-state index in [-0.39, 0.29) is 12.1 Å². The van der Waals surface area contributed by atoms with E-state index in [1.807, 2.05) is 52.8 Å². The third-order valence-corrected chi connectivity index (χ3v) is 5.35. The number of methoxy groups -OCH3 is 1. The number of carbonyl (C=O) groups is 1. The zero-order chi connectivity index (χ0) is 22.5. The summed E-state index contributed by atoms with van der Waals surface area (Å²) in [5, 5.41) is 8.52. The highest BCUT2D eigenvalue weighted by molar-refractivity contribution is 7.99. The average molecular weight is 447 g/mol. The lowest BCUT2D eigenvalue weighted by molar-refractivity contribution is -0.143. The van der Waals surface area contributed by atoms with Crippen molar-refractivity contribution in [1.29, 1.82) is 0 Å². The number of nitrogens with one attached hydrogen (secondary N) is 1. The van der Waals surface area contributed by atoms with E-state index in [9.17, 15) is 4.79 Å². The van der Waals surface area contributed by atoms with Crippen LogP contribution in [-0.2, 0) is 9.53 Å². The number of fused-ring (bicyclic) bond motifs is 1. The first-order chi connectivity index (χ1) is 14.9. The molecule has 2 aromatic rings. The van der Waals surface area contributed by atoms with Gasteiger partial charge in [-0.15, -0.1) is 5.10 Å². The third kappa shape index (κ3) is 4.98. The van der Waals surface area contributed by atoms with Gasteiger partial charge in [0, 0.05) is 5.70 Å². The lowest BCUT2D eigenvalue weighted by Crippen LogP contribution is -2.30. The standard InChI is InChI=1S/C22H30N4O4S/c1-7-11-29-16-10-9-15(12-17(16)28-6)19-18(20(27)30-13(3)4)14(5)23-21-24-22(31-8-2)25-26(19)21/h9-10,12-13,19H,7-8,11H2,1-6H3,(H,23,24,25). The number of esters is 1. The zero-order valence-electron chi connectivity index (χ0n) is 18.9. The highest BCUT2D eigenvalue weighted by Gasteiger charge is 2.36. The molecule has 31 heavy (non-hydrogen) atoms. The number of carbonyl (C=O) groups excluding carboxylic acids is 1. The van der Waals surface area contributed by atoms with E-state index >= 15 is 0 Å². The van der Waals surface area contributed by atoms with Crippen molar-refractivity contribution in [2.45, 2.75) is 58.3 Å². The number of rotatable bonds is 9. The molecule has 1 aromatic heterocycles. The fraction of sp³-hybridized carbons (Fsp3) is 0.500. The molecule has 1 aromatic carbocycles. The number of aromatic nitrogens is 3. The van der Waals surface area contributed by atoms with Crippen molar-refractivity contribution in [3.63, 3.8) is 0 Å². The fourth-order valence-corrected chi connectivity index (χ4v) is 3.91. The fourth-order valence-electron chi connectivity index (χ4n) is 3.36. The Morgan fingerprint density at radius 2 is 2.06 bits per heavy atom. The second-order valence-electron chi connectivity index (χ2n) is 7.37. The normalized spacial score (nSPS) is 15.5. The van der Waals surface area contributed by atoms with Crippen LogP contribution >= 0.6 is 11.8 Å². The maximum Gasteiger partial charge on any atom is 0.338 e. The molecular formula is C22H30N4O4S. The molecule has 8 nitrogen and oxygen atoms in total. The van der Waals surface area contributed by atoms with Crippen molar-refractivity contribution in [1.82, 2.24) is 14.8 Å². The Kier molecular flexibility index (Phi) is 7.48. The van der Waals surface area contributed by atoms with Crippen LogP contribution in [0, 0.1) is 0 Å². The molecule has 0 amide bonds. The van der Waals surface area contributed by atoms with Crippen molar-refractivity contribution >= 4 is 23.7 Å². The second-order valence-corrected chi connectivity index (χ2v) is 8.61. The molecule has 1 unspecified atom stereocenters. The van der Waals surface area contributed by atoms with Gasteiger partial charge in [-0.1, -0.05) is 31.7 Å². The Labute approximate surface area is 187 Å². The van der Waals surface area contributed by atoms with Gasteiger partial charge in [-0.25, -0.2) is 9.48 Å². The Morgan fingerprint density at radius 3 is 2.71 bits per heavy atom. The van der Waals surface area contributed by atoms with E-state index in [1.54, 1.807) is 23.6 Å². The van der Waals surface area contributed by atoms with Crippen molar-refractivity contribution < 1.29 is 19.0 Å². The van der Waals surface area contributed by atoms with E-state index in [0.717, 1.165) is 17.7 Å². The predicted molar refractivity (Wildman–Crippen MR) is 121 cm³/mol. The van der Waals surface area contributed by atoms with Crippen molar-refractivity contribution in [2.75, 3.05) is 24.8 Å². The molecule has 2 heterocycles. The number of anilines is 1. The van der Waals surface area contributed by atoms with Gasteiger partial charge in [-0.05, 0) is 50.6 Å². The Bertz CT molecular complexity index is 970. The van der Waals surface area contributed by atoms with Gasteiger partial charge < -0.3 is 19.5 Å². The smallest absolute Gasteiger partial charge is 0.338 e. The van der Waals surface area contributed by atoms with Crippen LogP contribution in [0.4, 0.5) is 5.95 Å². The van der Waals surface area contributed by atoms with E-state index < -0.39 is 6.04 Å². The molecule has 0 bridgehead atoms. The summed E-state index contributed by atoms with van der Waals surface area (Å²) in [6, 6.07) is 5.17. The van der Waals surface area contributed by atoms with Gasteiger partial charge in [0.25, 0.3) is 0 Å². The zero-order valence-corrected chi connectivity index (χ0v) is 19.7. The quantitative estimate of drug-likeness (QED) is 0.447. The van der Waals surface area contributed by atoms with Gasteiger partial charge in [0.1, 0.15) is 6.04 Å². The summed E-state index contributed by atoms with van der Waals surface area (Å²) >= 11 is 1.54. The van der Waals surface area contributed by atoms with Gasteiger partial charge >= 0.3 is 5.97 Å². The summed E-state index contributed by atoms with van der Waals surface area (Å²) in [5.74, 6) is 2.31. The monoisotopic (exact) mass is 446 g/mol. The molecule has 0 saturated heterocycles. The van der Waals surface area contributed by atoms with E-state index in [2.05, 4.69) is 15.4 Å². The minimum Gasteiger partial charge on any atom is -0.493 e. The Morgan fingerprint density at radius 1 is 1.29 bits per heavy atom. The molecular weight excluding hydrogens is 416 g/mol. The lowest BCUT2D eigenvalue weighted by Gasteiger charge is -2.29. The summed E-state index contributed by atoms with van der Waals surface area (Å²) in [4.78, 5) is 17.6.